The van der Waals surface area contributed by atoms with Gasteiger partial charge in [-0.2, -0.15) is 0 Å². The molecule has 0 bridgehead atoms. The third-order valence-electron chi connectivity index (χ3n) is 3.87. The van der Waals surface area contributed by atoms with Crippen LogP contribution < -0.4 is 8.96 Å². The van der Waals surface area contributed by atoms with E-state index in [1.807, 2.05) is 0 Å². The molecule has 0 saturated heterocycles. The highest BCUT2D eigenvalue weighted by Crippen LogP contribution is 2.34. The second-order valence-electron chi connectivity index (χ2n) is 7.47. The van der Waals surface area contributed by atoms with Crippen molar-refractivity contribution in [3.05, 3.63) is 35.0 Å². The second kappa shape index (κ2) is 9.50. The molecule has 0 aliphatic rings. The summed E-state index contributed by atoms with van der Waals surface area (Å²) in [5.41, 5.74) is 0. The summed E-state index contributed by atoms with van der Waals surface area (Å²) < 4.78 is 43.0. The Morgan fingerprint density at radius 2 is 1.93 bits per heavy atom. The standard InChI is InChI=1S/C16H24BClN2O7SSi/c1-12-15(18)16(19-27-12)20(11-25-9-10-29(2,3)4)28(23,24)14-8-6-5-7-13(14)26-17(21)22/h5-8,21-22H,9-11H2,1-4H3. The highest BCUT2D eigenvalue weighted by Gasteiger charge is 2.33. The van der Waals surface area contributed by atoms with Crippen LogP contribution in [0.2, 0.25) is 30.7 Å². The van der Waals surface area contributed by atoms with E-state index in [2.05, 4.69) is 24.8 Å². The van der Waals surface area contributed by atoms with Crippen molar-refractivity contribution >= 4 is 42.8 Å². The number of nitrogens with zero attached hydrogens (tertiary/aromatic N) is 2. The Morgan fingerprint density at radius 3 is 2.48 bits per heavy atom. The molecule has 1 aromatic heterocycles. The number of aromatic nitrogens is 1. The van der Waals surface area contributed by atoms with Crippen molar-refractivity contribution in [2.45, 2.75) is 37.5 Å². The van der Waals surface area contributed by atoms with Gasteiger partial charge in [0.1, 0.15) is 22.4 Å². The molecule has 0 aliphatic carbocycles. The Labute approximate surface area is 176 Å². The number of halogens is 1. The van der Waals surface area contributed by atoms with E-state index >= 15 is 0 Å². The molecule has 0 amide bonds. The summed E-state index contributed by atoms with van der Waals surface area (Å²) in [7, 11) is -7.86. The summed E-state index contributed by atoms with van der Waals surface area (Å²) in [6, 6.07) is 6.38. The van der Waals surface area contributed by atoms with E-state index in [9.17, 15) is 8.42 Å². The summed E-state index contributed by atoms with van der Waals surface area (Å²) in [4.78, 5) is -0.307. The zero-order valence-corrected chi connectivity index (χ0v) is 19.2. The Morgan fingerprint density at radius 1 is 1.28 bits per heavy atom. The number of para-hydroxylation sites is 1. The Kier molecular flexibility index (Phi) is 7.76. The first-order valence-electron chi connectivity index (χ1n) is 8.77. The van der Waals surface area contributed by atoms with Crippen molar-refractivity contribution in [3.63, 3.8) is 0 Å². The number of rotatable bonds is 10. The first kappa shape index (κ1) is 23.7. The van der Waals surface area contributed by atoms with Crippen LogP contribution in [-0.2, 0) is 14.8 Å². The lowest BCUT2D eigenvalue weighted by Gasteiger charge is -2.24. The van der Waals surface area contributed by atoms with Gasteiger partial charge in [0, 0.05) is 14.7 Å². The van der Waals surface area contributed by atoms with Crippen LogP contribution in [0.15, 0.2) is 33.7 Å². The molecular weight excluding hydrogens is 439 g/mol. The highest BCUT2D eigenvalue weighted by molar-refractivity contribution is 7.93. The second-order valence-corrected chi connectivity index (χ2v) is 15.3. The maximum absolute atomic E-state index is 13.4. The smallest absolute Gasteiger partial charge is 0.511 e. The quantitative estimate of drug-likeness (QED) is 0.314. The van der Waals surface area contributed by atoms with E-state index in [1.165, 1.54) is 24.3 Å². The van der Waals surface area contributed by atoms with Gasteiger partial charge in [0.05, 0.1) is 0 Å². The van der Waals surface area contributed by atoms with Gasteiger partial charge in [-0.25, -0.2) is 12.7 Å². The third kappa shape index (κ3) is 6.20. The summed E-state index contributed by atoms with van der Waals surface area (Å²) in [6.07, 6.45) is 0. The van der Waals surface area contributed by atoms with Gasteiger partial charge in [-0.1, -0.05) is 48.5 Å². The van der Waals surface area contributed by atoms with Crippen LogP contribution in [0, 0.1) is 6.92 Å². The summed E-state index contributed by atoms with van der Waals surface area (Å²) in [6.45, 7) is 8.09. The van der Waals surface area contributed by atoms with E-state index in [-0.39, 0.29) is 34.0 Å². The van der Waals surface area contributed by atoms with Crippen LogP contribution >= 0.6 is 11.6 Å². The fourth-order valence-electron chi connectivity index (χ4n) is 2.27. The molecule has 160 valence electrons. The van der Waals surface area contributed by atoms with Crippen molar-refractivity contribution in [2.24, 2.45) is 0 Å². The average molecular weight is 463 g/mol. The lowest BCUT2D eigenvalue weighted by atomic mass is 10.2. The van der Waals surface area contributed by atoms with E-state index < -0.39 is 25.4 Å². The van der Waals surface area contributed by atoms with Crippen molar-refractivity contribution in [2.75, 3.05) is 17.6 Å². The molecule has 0 saturated carbocycles. The molecule has 0 fully saturated rings. The zero-order chi connectivity index (χ0) is 21.8. The van der Waals surface area contributed by atoms with Crippen molar-refractivity contribution in [1.82, 2.24) is 5.16 Å². The maximum Gasteiger partial charge on any atom is 0.707 e. The van der Waals surface area contributed by atoms with Gasteiger partial charge < -0.3 is 24.0 Å². The molecule has 0 atom stereocenters. The zero-order valence-electron chi connectivity index (χ0n) is 16.6. The van der Waals surface area contributed by atoms with Crippen LogP contribution in [-0.4, -0.2) is 52.4 Å². The molecule has 2 rings (SSSR count). The lowest BCUT2D eigenvalue weighted by Crippen LogP contribution is -2.35. The largest absolute Gasteiger partial charge is 0.707 e. The molecule has 0 unspecified atom stereocenters. The summed E-state index contributed by atoms with van der Waals surface area (Å²) in [5, 5.41) is 22.0. The van der Waals surface area contributed by atoms with Gasteiger partial charge in [-0.15, -0.1) is 0 Å². The van der Waals surface area contributed by atoms with Crippen LogP contribution in [0.25, 0.3) is 0 Å². The molecule has 13 heteroatoms. The van der Waals surface area contributed by atoms with Crippen LogP contribution in [0.1, 0.15) is 5.76 Å². The molecular formula is C16H24BClN2O7SSi. The number of aryl methyl sites for hydroxylation is 1. The van der Waals surface area contributed by atoms with Crippen LogP contribution in [0.4, 0.5) is 5.82 Å². The lowest BCUT2D eigenvalue weighted by molar-refractivity contribution is 0.155. The molecule has 9 nitrogen and oxygen atoms in total. The minimum absolute atomic E-state index is 0.0305. The minimum atomic E-state index is -4.29. The first-order chi connectivity index (χ1) is 13.4. The molecule has 0 aliphatic heterocycles. The van der Waals surface area contributed by atoms with Gasteiger partial charge in [-0.3, -0.25) is 0 Å². The molecule has 0 spiro atoms. The fraction of sp³-hybridized carbons (Fsp3) is 0.438. The fourth-order valence-corrected chi connectivity index (χ4v) is 4.67. The van der Waals surface area contributed by atoms with Crippen LogP contribution in [0.5, 0.6) is 5.75 Å². The average Bonchev–Trinajstić information content (AvgIpc) is 2.92. The topological polar surface area (TPSA) is 122 Å². The minimum Gasteiger partial charge on any atom is -0.511 e. The Hall–Kier alpha value is -1.57. The molecule has 2 aromatic rings. The van der Waals surface area contributed by atoms with Crippen molar-refractivity contribution in [1.29, 1.82) is 0 Å². The van der Waals surface area contributed by atoms with Gasteiger partial charge in [0.15, 0.2) is 5.76 Å². The monoisotopic (exact) mass is 462 g/mol. The van der Waals surface area contributed by atoms with Gasteiger partial charge >= 0.3 is 7.32 Å². The highest BCUT2D eigenvalue weighted by atomic mass is 35.5. The summed E-state index contributed by atoms with van der Waals surface area (Å²) in [5.74, 6) is -0.123. The predicted molar refractivity (Wildman–Crippen MR) is 112 cm³/mol. The Bertz CT molecular complexity index is 934. The Balaban J connectivity index is 2.41. The molecule has 0 radical (unpaired) electrons. The number of benzene rings is 1. The van der Waals surface area contributed by atoms with Crippen molar-refractivity contribution in [3.8, 4) is 5.75 Å². The number of hydrogen-bond acceptors (Lipinski definition) is 8. The van der Waals surface area contributed by atoms with E-state index in [4.69, 9.17) is 35.6 Å². The predicted octanol–water partition coefficient (Wildman–Crippen LogP) is 2.49. The first-order valence-corrected chi connectivity index (χ1v) is 14.3. The maximum atomic E-state index is 13.4. The number of sulfonamides is 1. The third-order valence-corrected chi connectivity index (χ3v) is 7.76. The normalized spacial score (nSPS) is 12.1. The van der Waals surface area contributed by atoms with E-state index in [0.717, 1.165) is 10.3 Å². The van der Waals surface area contributed by atoms with Crippen molar-refractivity contribution < 1.29 is 32.4 Å². The molecule has 1 heterocycles. The summed E-state index contributed by atoms with van der Waals surface area (Å²) >= 11 is 6.18. The van der Waals surface area contributed by atoms with E-state index in [0.29, 0.717) is 6.61 Å². The number of hydrogen-bond donors (Lipinski definition) is 2. The van der Waals surface area contributed by atoms with Gasteiger partial charge in [0.2, 0.25) is 5.82 Å². The number of anilines is 1. The van der Waals surface area contributed by atoms with E-state index in [1.54, 1.807) is 6.92 Å². The van der Waals surface area contributed by atoms with Gasteiger partial charge in [0.25, 0.3) is 10.0 Å². The SMILES string of the molecule is Cc1onc(N(COCC[Si](C)(C)C)S(=O)(=O)c2ccccc2OB(O)O)c1Cl. The van der Waals surface area contributed by atoms with Crippen LogP contribution in [0.3, 0.4) is 0 Å². The van der Waals surface area contributed by atoms with Gasteiger partial charge in [-0.05, 0) is 25.1 Å². The molecule has 1 aromatic carbocycles. The molecule has 29 heavy (non-hydrogen) atoms. The number of ether oxygens (including phenoxy) is 1. The molecule has 2 N–H and O–H groups in total.